The summed E-state index contributed by atoms with van der Waals surface area (Å²) >= 11 is 10.5. The van der Waals surface area contributed by atoms with E-state index in [1.165, 1.54) is 0 Å². The quantitative estimate of drug-likeness (QED) is 0.811. The zero-order valence-electron chi connectivity index (χ0n) is 6.47. The highest BCUT2D eigenvalue weighted by molar-refractivity contribution is 6.68. The summed E-state index contributed by atoms with van der Waals surface area (Å²) in [7, 11) is 0. The topological polar surface area (TPSA) is 50.2 Å². The fourth-order valence-corrected chi connectivity index (χ4v) is 1.21. The highest BCUT2D eigenvalue weighted by Crippen LogP contribution is 2.34. The predicted octanol–water partition coefficient (Wildman–Crippen LogP) is 2.76. The van der Waals surface area contributed by atoms with E-state index in [9.17, 15) is 13.6 Å². The molecular weight excluding hydrogens is 239 g/mol. The van der Waals surface area contributed by atoms with E-state index in [1.54, 1.807) is 0 Å². The fourth-order valence-electron chi connectivity index (χ4n) is 0.789. The van der Waals surface area contributed by atoms with Gasteiger partial charge in [-0.3, -0.25) is 9.78 Å². The maximum Gasteiger partial charge on any atom is 0.284 e. The second kappa shape index (κ2) is 4.06. The Morgan fingerprint density at radius 3 is 2.57 bits per heavy atom. The molecule has 0 fully saturated rings. The Balaban J connectivity index is 3.33. The monoisotopic (exact) mass is 241 g/mol. The van der Waals surface area contributed by atoms with Gasteiger partial charge < -0.3 is 5.11 Å². The highest BCUT2D eigenvalue weighted by atomic mass is 35.5. The first kappa shape index (κ1) is 11.1. The summed E-state index contributed by atoms with van der Waals surface area (Å²) in [5, 5.41) is 7.62. The Morgan fingerprint density at radius 2 is 2.14 bits per heavy atom. The lowest BCUT2D eigenvalue weighted by Gasteiger charge is -2.05. The Morgan fingerprint density at radius 1 is 1.57 bits per heavy atom. The minimum absolute atomic E-state index is 0.310. The van der Waals surface area contributed by atoms with Crippen LogP contribution in [0.3, 0.4) is 0 Å². The van der Waals surface area contributed by atoms with Crippen LogP contribution in [0.15, 0.2) is 6.20 Å². The molecule has 1 N–H and O–H groups in total. The summed E-state index contributed by atoms with van der Waals surface area (Å²) in [5.41, 5.74) is -1.19. The maximum absolute atomic E-state index is 12.1. The minimum Gasteiger partial charge on any atom is -0.504 e. The van der Waals surface area contributed by atoms with E-state index in [4.69, 9.17) is 28.3 Å². The van der Waals surface area contributed by atoms with Gasteiger partial charge in [0, 0.05) is 6.20 Å². The summed E-state index contributed by atoms with van der Waals surface area (Å²) in [6, 6.07) is 0. The normalized spacial score (nSPS) is 10.6. The number of halogens is 4. The van der Waals surface area contributed by atoms with Gasteiger partial charge in [-0.25, -0.2) is 8.78 Å². The van der Waals surface area contributed by atoms with Crippen molar-refractivity contribution in [2.24, 2.45) is 0 Å². The molecule has 0 unspecified atom stereocenters. The van der Waals surface area contributed by atoms with E-state index >= 15 is 0 Å². The van der Waals surface area contributed by atoms with Crippen LogP contribution in [-0.2, 0) is 0 Å². The molecule has 0 aliphatic rings. The number of hydrogen-bond donors (Lipinski definition) is 1. The van der Waals surface area contributed by atoms with Crippen LogP contribution in [0.25, 0.3) is 0 Å². The van der Waals surface area contributed by atoms with Crippen LogP contribution in [0.2, 0.25) is 5.02 Å². The van der Waals surface area contributed by atoms with Crippen LogP contribution >= 0.6 is 23.2 Å². The van der Waals surface area contributed by atoms with Crippen molar-refractivity contribution in [3.63, 3.8) is 0 Å². The number of alkyl halides is 2. The van der Waals surface area contributed by atoms with Crippen molar-refractivity contribution in [1.82, 2.24) is 4.98 Å². The van der Waals surface area contributed by atoms with Gasteiger partial charge in [-0.2, -0.15) is 0 Å². The van der Waals surface area contributed by atoms with Crippen LogP contribution in [0.4, 0.5) is 8.78 Å². The smallest absolute Gasteiger partial charge is 0.284 e. The SMILES string of the molecule is O=C(Cl)c1cnc(C(F)F)c(O)c1Cl. The Bertz CT molecular complexity index is 384. The molecule has 0 radical (unpaired) electrons. The highest BCUT2D eigenvalue weighted by Gasteiger charge is 2.21. The summed E-state index contributed by atoms with van der Waals surface area (Å²) < 4.78 is 24.3. The molecule has 1 rings (SSSR count). The summed E-state index contributed by atoms with van der Waals surface area (Å²) in [5.74, 6) is -0.923. The van der Waals surface area contributed by atoms with Gasteiger partial charge in [-0.15, -0.1) is 0 Å². The molecule has 3 nitrogen and oxygen atoms in total. The van der Waals surface area contributed by atoms with Crippen molar-refractivity contribution in [2.45, 2.75) is 6.43 Å². The molecule has 0 aromatic carbocycles. The lowest BCUT2D eigenvalue weighted by atomic mass is 10.2. The zero-order valence-corrected chi connectivity index (χ0v) is 7.98. The summed E-state index contributed by atoms with van der Waals surface area (Å²) in [4.78, 5) is 13.8. The first-order chi connectivity index (χ1) is 6.45. The van der Waals surface area contributed by atoms with Gasteiger partial charge in [0.25, 0.3) is 11.7 Å². The second-order valence-corrected chi connectivity index (χ2v) is 3.02. The van der Waals surface area contributed by atoms with E-state index in [-0.39, 0.29) is 5.56 Å². The largest absolute Gasteiger partial charge is 0.504 e. The summed E-state index contributed by atoms with van der Waals surface area (Å²) in [6.07, 6.45) is -2.18. The molecule has 1 heterocycles. The molecule has 0 atom stereocenters. The number of carbonyl (C=O) groups is 1. The van der Waals surface area contributed by atoms with Crippen LogP contribution < -0.4 is 0 Å². The van der Waals surface area contributed by atoms with Crippen molar-refractivity contribution in [1.29, 1.82) is 0 Å². The first-order valence-electron chi connectivity index (χ1n) is 3.30. The molecule has 0 spiro atoms. The van der Waals surface area contributed by atoms with Gasteiger partial charge in [0.15, 0.2) is 5.75 Å². The molecule has 76 valence electrons. The predicted molar refractivity (Wildman–Crippen MR) is 46.1 cm³/mol. The second-order valence-electron chi connectivity index (χ2n) is 2.29. The van der Waals surface area contributed by atoms with Crippen molar-refractivity contribution < 1.29 is 18.7 Å². The number of pyridine rings is 1. The van der Waals surface area contributed by atoms with E-state index in [2.05, 4.69) is 4.98 Å². The maximum atomic E-state index is 12.1. The number of aromatic hydroxyl groups is 1. The average molecular weight is 242 g/mol. The molecule has 0 saturated heterocycles. The number of carbonyl (C=O) groups excluding carboxylic acids is 1. The van der Waals surface area contributed by atoms with Crippen LogP contribution in [0.5, 0.6) is 5.75 Å². The molecular formula is C7H3Cl2F2NO2. The van der Waals surface area contributed by atoms with E-state index < -0.39 is 28.1 Å². The third-order valence-electron chi connectivity index (χ3n) is 1.44. The van der Waals surface area contributed by atoms with Crippen LogP contribution in [0.1, 0.15) is 22.5 Å². The van der Waals surface area contributed by atoms with E-state index in [0.29, 0.717) is 0 Å². The van der Waals surface area contributed by atoms with Crippen molar-refractivity contribution in [2.75, 3.05) is 0 Å². The Labute approximate surface area is 87.3 Å². The van der Waals surface area contributed by atoms with Crippen molar-refractivity contribution in [3.05, 3.63) is 22.5 Å². The van der Waals surface area contributed by atoms with Gasteiger partial charge >= 0.3 is 0 Å². The molecule has 0 aliphatic heterocycles. The summed E-state index contributed by atoms with van der Waals surface area (Å²) in [6.45, 7) is 0. The third-order valence-corrected chi connectivity index (χ3v) is 2.02. The number of nitrogens with zero attached hydrogens (tertiary/aromatic N) is 1. The van der Waals surface area contributed by atoms with Crippen molar-refractivity contribution >= 4 is 28.4 Å². The van der Waals surface area contributed by atoms with Crippen LogP contribution in [0, 0.1) is 0 Å². The molecule has 0 amide bonds. The third kappa shape index (κ3) is 1.93. The molecule has 1 aromatic heterocycles. The van der Waals surface area contributed by atoms with Gasteiger partial charge in [0.1, 0.15) is 5.69 Å². The van der Waals surface area contributed by atoms with Gasteiger partial charge in [0.2, 0.25) is 0 Å². The number of hydrogen-bond acceptors (Lipinski definition) is 3. The van der Waals surface area contributed by atoms with Crippen molar-refractivity contribution in [3.8, 4) is 5.75 Å². The lowest BCUT2D eigenvalue weighted by molar-refractivity contribution is 0.107. The average Bonchev–Trinajstić information content (AvgIpc) is 2.08. The van der Waals surface area contributed by atoms with Gasteiger partial charge in [-0.1, -0.05) is 11.6 Å². The zero-order chi connectivity index (χ0) is 10.9. The lowest BCUT2D eigenvalue weighted by Crippen LogP contribution is -1.98. The Hall–Kier alpha value is -0.940. The number of rotatable bonds is 2. The van der Waals surface area contributed by atoms with Gasteiger partial charge in [-0.05, 0) is 11.6 Å². The molecule has 14 heavy (non-hydrogen) atoms. The standard InChI is InChI=1S/C7H3Cl2F2NO2/c8-3-2(6(9)14)1-12-4(5(3)13)7(10)11/h1,7,13H. The van der Waals surface area contributed by atoms with Gasteiger partial charge in [0.05, 0.1) is 10.6 Å². The number of aromatic nitrogens is 1. The van der Waals surface area contributed by atoms with E-state index in [1.807, 2.05) is 0 Å². The fraction of sp³-hybridized carbons (Fsp3) is 0.143. The van der Waals surface area contributed by atoms with E-state index in [0.717, 1.165) is 6.20 Å². The Kier molecular flexibility index (Phi) is 3.23. The first-order valence-corrected chi connectivity index (χ1v) is 4.06. The molecule has 0 saturated carbocycles. The molecule has 1 aromatic rings. The van der Waals surface area contributed by atoms with Crippen LogP contribution in [-0.4, -0.2) is 15.3 Å². The minimum atomic E-state index is -2.97. The molecule has 0 bridgehead atoms. The molecule has 0 aliphatic carbocycles. The molecule has 7 heteroatoms.